The Hall–Kier alpha value is -0.940. The third-order valence-corrected chi connectivity index (χ3v) is 2.16. The van der Waals surface area contributed by atoms with E-state index in [1.165, 1.54) is 0 Å². The predicted octanol–water partition coefficient (Wildman–Crippen LogP) is 4.28. The first-order valence-electron chi connectivity index (χ1n) is 5.39. The highest BCUT2D eigenvalue weighted by molar-refractivity contribution is 5.96. The lowest BCUT2D eigenvalue weighted by atomic mass is 10.1. The maximum absolute atomic E-state index is 12.4. The molecule has 0 aliphatic rings. The monoisotopic (exact) mass is 258 g/mol. The molecule has 0 spiro atoms. The fraction of sp³-hybridized carbons (Fsp3) is 0.727. The van der Waals surface area contributed by atoms with E-state index in [1.807, 2.05) is 6.92 Å². The smallest absolute Gasteiger partial charge is 0.288 e. The topological polar surface area (TPSA) is 17.1 Å². The Balaban J connectivity index is 4.13. The number of hydrogen-bond acceptors (Lipinski definition) is 1. The molecule has 17 heavy (non-hydrogen) atoms. The number of hydrogen-bond donors (Lipinski definition) is 0. The van der Waals surface area contributed by atoms with E-state index in [2.05, 4.69) is 0 Å². The summed E-state index contributed by atoms with van der Waals surface area (Å²) in [5.41, 5.74) is 0. The Morgan fingerprint density at radius 2 is 1.65 bits per heavy atom. The fourth-order valence-electron chi connectivity index (χ4n) is 1.12. The van der Waals surface area contributed by atoms with Gasteiger partial charge in [-0.1, -0.05) is 32.3 Å². The van der Waals surface area contributed by atoms with E-state index >= 15 is 0 Å². The van der Waals surface area contributed by atoms with Crippen molar-refractivity contribution in [1.82, 2.24) is 0 Å². The summed E-state index contributed by atoms with van der Waals surface area (Å²) in [6.45, 7) is 1.99. The van der Waals surface area contributed by atoms with Crippen molar-refractivity contribution in [2.24, 2.45) is 0 Å². The summed E-state index contributed by atoms with van der Waals surface area (Å²) in [5, 5.41) is 0. The van der Waals surface area contributed by atoms with Crippen LogP contribution in [0.2, 0.25) is 0 Å². The van der Waals surface area contributed by atoms with Crippen molar-refractivity contribution in [2.75, 3.05) is 0 Å². The molecule has 0 amide bonds. The van der Waals surface area contributed by atoms with Crippen LogP contribution >= 0.6 is 0 Å². The van der Waals surface area contributed by atoms with Crippen LogP contribution in [0.15, 0.2) is 12.2 Å². The van der Waals surface area contributed by atoms with Crippen molar-refractivity contribution < 1.29 is 26.7 Å². The number of halogens is 5. The molecule has 0 saturated carbocycles. The van der Waals surface area contributed by atoms with Gasteiger partial charge in [-0.05, 0) is 18.9 Å². The highest BCUT2D eigenvalue weighted by Crippen LogP contribution is 2.36. The molecule has 0 radical (unpaired) electrons. The summed E-state index contributed by atoms with van der Waals surface area (Å²) in [7, 11) is 0. The normalized spacial score (nSPS) is 13.3. The van der Waals surface area contributed by atoms with Crippen molar-refractivity contribution in [1.29, 1.82) is 0 Å². The molecule has 1 nitrogen and oxygen atoms in total. The van der Waals surface area contributed by atoms with Gasteiger partial charge in [-0.15, -0.1) is 0 Å². The van der Waals surface area contributed by atoms with Crippen LogP contribution in [0.3, 0.4) is 0 Å². The summed E-state index contributed by atoms with van der Waals surface area (Å²) in [4.78, 5) is 10.6. The van der Waals surface area contributed by atoms with Crippen LogP contribution in [0.5, 0.6) is 0 Å². The van der Waals surface area contributed by atoms with Crippen LogP contribution in [-0.4, -0.2) is 17.9 Å². The largest absolute Gasteiger partial charge is 0.461 e. The SMILES string of the molecule is CCCCCCC=CC(=O)C(F)(F)C(F)(F)F. The standard InChI is InChI=1S/C11H15F5O/c1-2-3-4-5-6-7-8-9(17)10(12,13)11(14,15)16/h7-8H,2-6H2,1H3. The first kappa shape index (κ1) is 16.1. The van der Waals surface area contributed by atoms with Crippen LogP contribution in [0.25, 0.3) is 0 Å². The molecule has 0 fully saturated rings. The Morgan fingerprint density at radius 3 is 2.12 bits per heavy atom. The lowest BCUT2D eigenvalue weighted by Gasteiger charge is -2.15. The number of carbonyl (C=O) groups is 1. The number of carbonyl (C=O) groups excluding carboxylic acids is 1. The van der Waals surface area contributed by atoms with Crippen LogP contribution in [0, 0.1) is 0 Å². The number of rotatable bonds is 7. The predicted molar refractivity (Wildman–Crippen MR) is 53.9 cm³/mol. The Kier molecular flexibility index (Phi) is 6.34. The second-order valence-corrected chi connectivity index (χ2v) is 3.69. The molecule has 100 valence electrons. The van der Waals surface area contributed by atoms with Crippen molar-refractivity contribution >= 4 is 5.78 Å². The highest BCUT2D eigenvalue weighted by Gasteiger charge is 2.62. The number of unbranched alkanes of at least 4 members (excludes halogenated alkanes) is 4. The molecule has 6 heteroatoms. The van der Waals surface area contributed by atoms with E-state index in [-0.39, 0.29) is 0 Å². The van der Waals surface area contributed by atoms with Crippen molar-refractivity contribution in [3.05, 3.63) is 12.2 Å². The average molecular weight is 258 g/mol. The Bertz CT molecular complexity index is 268. The minimum atomic E-state index is -5.82. The van der Waals surface area contributed by atoms with E-state index < -0.39 is 17.9 Å². The van der Waals surface area contributed by atoms with Gasteiger partial charge in [0.15, 0.2) is 0 Å². The maximum Gasteiger partial charge on any atom is 0.461 e. The molecular weight excluding hydrogens is 243 g/mol. The first-order chi connectivity index (χ1) is 7.73. The molecule has 0 N–H and O–H groups in total. The molecule has 0 saturated heterocycles. The maximum atomic E-state index is 12.4. The van der Waals surface area contributed by atoms with Crippen LogP contribution in [0.4, 0.5) is 22.0 Å². The number of alkyl halides is 5. The third kappa shape index (κ3) is 5.28. The lowest BCUT2D eigenvalue weighted by molar-refractivity contribution is -0.266. The van der Waals surface area contributed by atoms with Gasteiger partial charge in [-0.25, -0.2) is 0 Å². The molecule has 0 aromatic carbocycles. The van der Waals surface area contributed by atoms with Crippen LogP contribution < -0.4 is 0 Å². The number of ketones is 1. The van der Waals surface area contributed by atoms with Gasteiger partial charge in [-0.2, -0.15) is 22.0 Å². The van der Waals surface area contributed by atoms with Crippen molar-refractivity contribution in [3.63, 3.8) is 0 Å². The number of allylic oxidation sites excluding steroid dienone is 2. The zero-order valence-corrected chi connectivity index (χ0v) is 9.49. The molecular formula is C11H15F5O. The van der Waals surface area contributed by atoms with Gasteiger partial charge in [-0.3, -0.25) is 4.79 Å². The van der Waals surface area contributed by atoms with Gasteiger partial charge in [0.05, 0.1) is 0 Å². The molecule has 0 rings (SSSR count). The molecule has 0 bridgehead atoms. The summed E-state index contributed by atoms with van der Waals surface area (Å²) in [6.07, 6.45) is -0.595. The van der Waals surface area contributed by atoms with E-state index in [4.69, 9.17) is 0 Å². The molecule has 0 unspecified atom stereocenters. The fourth-order valence-corrected chi connectivity index (χ4v) is 1.12. The first-order valence-corrected chi connectivity index (χ1v) is 5.39. The molecule has 0 heterocycles. The molecule has 0 aliphatic carbocycles. The minimum Gasteiger partial charge on any atom is -0.288 e. The zero-order chi connectivity index (χ0) is 13.5. The quantitative estimate of drug-likeness (QED) is 0.378. The van der Waals surface area contributed by atoms with E-state index in [1.54, 1.807) is 0 Å². The van der Waals surface area contributed by atoms with Gasteiger partial charge in [0.25, 0.3) is 0 Å². The lowest BCUT2D eigenvalue weighted by Crippen LogP contribution is -2.43. The van der Waals surface area contributed by atoms with E-state index in [9.17, 15) is 26.7 Å². The van der Waals surface area contributed by atoms with Crippen LogP contribution in [-0.2, 0) is 4.79 Å². The highest BCUT2D eigenvalue weighted by atomic mass is 19.4. The van der Waals surface area contributed by atoms with Gasteiger partial charge in [0.1, 0.15) is 0 Å². The molecule has 0 atom stereocenters. The average Bonchev–Trinajstić information content (AvgIpc) is 2.21. The third-order valence-electron chi connectivity index (χ3n) is 2.16. The second kappa shape index (κ2) is 6.71. The summed E-state index contributed by atoms with van der Waals surface area (Å²) < 4.78 is 60.1. The van der Waals surface area contributed by atoms with Crippen molar-refractivity contribution in [3.8, 4) is 0 Å². The second-order valence-electron chi connectivity index (χ2n) is 3.69. The summed E-state index contributed by atoms with van der Waals surface area (Å²) >= 11 is 0. The van der Waals surface area contributed by atoms with Crippen molar-refractivity contribution in [2.45, 2.75) is 51.1 Å². The van der Waals surface area contributed by atoms with E-state index in [0.717, 1.165) is 25.3 Å². The zero-order valence-electron chi connectivity index (χ0n) is 9.49. The van der Waals surface area contributed by atoms with E-state index in [0.29, 0.717) is 18.9 Å². The van der Waals surface area contributed by atoms with Gasteiger partial charge < -0.3 is 0 Å². The minimum absolute atomic E-state index is 0.319. The van der Waals surface area contributed by atoms with Gasteiger partial charge >= 0.3 is 12.1 Å². The Morgan fingerprint density at radius 1 is 1.06 bits per heavy atom. The molecule has 0 aliphatic heterocycles. The molecule has 0 aromatic rings. The Labute approximate surface area is 96.7 Å². The summed E-state index contributed by atoms with van der Waals surface area (Å²) in [6, 6.07) is 0. The van der Waals surface area contributed by atoms with Gasteiger partial charge in [0.2, 0.25) is 5.78 Å². The summed E-state index contributed by atoms with van der Waals surface area (Å²) in [5.74, 6) is -7.49. The molecule has 0 aromatic heterocycles. The van der Waals surface area contributed by atoms with Gasteiger partial charge in [0, 0.05) is 0 Å². The van der Waals surface area contributed by atoms with Crippen LogP contribution in [0.1, 0.15) is 39.0 Å².